The van der Waals surface area contributed by atoms with Gasteiger partial charge in [0.05, 0.1) is 37.3 Å². The largest absolute Gasteiger partial charge is 0.490 e. The molecular weight excluding hydrogens is 473 g/mol. The van der Waals surface area contributed by atoms with Gasteiger partial charge < -0.3 is 19.1 Å². The van der Waals surface area contributed by atoms with Crippen LogP contribution >= 0.6 is 0 Å². The third-order valence-electron chi connectivity index (χ3n) is 8.01. The van der Waals surface area contributed by atoms with Crippen LogP contribution in [0.1, 0.15) is 24.0 Å². The second-order valence-corrected chi connectivity index (χ2v) is 10.6. The summed E-state index contributed by atoms with van der Waals surface area (Å²) in [7, 11) is 0. The first-order valence-electron chi connectivity index (χ1n) is 13.3. The number of likely N-dealkylation sites (tertiary alicyclic amines) is 1. The predicted molar refractivity (Wildman–Crippen MR) is 139 cm³/mol. The molecule has 1 N–H and O–H groups in total. The lowest BCUT2D eigenvalue weighted by Crippen LogP contribution is -2.52. The lowest BCUT2D eigenvalue weighted by atomic mass is 10.00. The van der Waals surface area contributed by atoms with Crippen molar-refractivity contribution in [3.8, 4) is 5.75 Å². The zero-order valence-corrected chi connectivity index (χ0v) is 21.0. The lowest BCUT2D eigenvalue weighted by Gasteiger charge is -2.41. The molecule has 0 saturated carbocycles. The Balaban J connectivity index is 1.10. The number of aliphatic hydroxyl groups is 1. The van der Waals surface area contributed by atoms with Gasteiger partial charge in [0.15, 0.2) is 0 Å². The van der Waals surface area contributed by atoms with Gasteiger partial charge in [-0.3, -0.25) is 14.6 Å². The van der Waals surface area contributed by atoms with E-state index in [1.165, 1.54) is 21.9 Å². The molecule has 0 aliphatic carbocycles. The van der Waals surface area contributed by atoms with E-state index in [0.29, 0.717) is 23.7 Å². The molecule has 0 spiro atoms. The van der Waals surface area contributed by atoms with Crippen molar-refractivity contribution in [3.63, 3.8) is 0 Å². The van der Waals surface area contributed by atoms with E-state index in [2.05, 4.69) is 28.0 Å². The van der Waals surface area contributed by atoms with Crippen molar-refractivity contribution in [2.24, 2.45) is 0 Å². The average molecular weight is 508 g/mol. The second-order valence-electron chi connectivity index (χ2n) is 10.6. The van der Waals surface area contributed by atoms with Gasteiger partial charge in [0.2, 0.25) is 0 Å². The molecule has 1 aromatic heterocycles. The number of halogens is 1. The first kappa shape index (κ1) is 24.6. The van der Waals surface area contributed by atoms with Crippen molar-refractivity contribution < 1.29 is 19.0 Å². The highest BCUT2D eigenvalue weighted by atomic mass is 19.1. The Bertz CT molecular complexity index is 1320. The number of ether oxygens (including phenoxy) is 2. The van der Waals surface area contributed by atoms with Crippen molar-refractivity contribution in [1.29, 1.82) is 0 Å². The van der Waals surface area contributed by atoms with E-state index in [1.807, 2.05) is 6.07 Å². The van der Waals surface area contributed by atoms with E-state index in [4.69, 9.17) is 9.47 Å². The Morgan fingerprint density at radius 2 is 1.81 bits per heavy atom. The first-order chi connectivity index (χ1) is 18.0. The molecule has 0 unspecified atom stereocenters. The Kier molecular flexibility index (Phi) is 6.99. The van der Waals surface area contributed by atoms with Gasteiger partial charge in [-0.2, -0.15) is 0 Å². The van der Waals surface area contributed by atoms with E-state index in [1.54, 1.807) is 18.2 Å². The van der Waals surface area contributed by atoms with Crippen molar-refractivity contribution in [2.75, 3.05) is 39.4 Å². The quantitative estimate of drug-likeness (QED) is 0.531. The summed E-state index contributed by atoms with van der Waals surface area (Å²) >= 11 is 0. The van der Waals surface area contributed by atoms with Gasteiger partial charge in [0.25, 0.3) is 5.56 Å². The summed E-state index contributed by atoms with van der Waals surface area (Å²) in [4.78, 5) is 17.8. The molecule has 2 fully saturated rings. The van der Waals surface area contributed by atoms with Crippen molar-refractivity contribution >= 4 is 10.8 Å². The fraction of sp³-hybridized carbons (Fsp3) is 0.483. The molecule has 0 radical (unpaired) electrons. The molecule has 2 aromatic carbocycles. The normalized spacial score (nSPS) is 20.5. The zero-order valence-electron chi connectivity index (χ0n) is 21.0. The van der Waals surface area contributed by atoms with Gasteiger partial charge in [-0.05, 0) is 48.6 Å². The van der Waals surface area contributed by atoms with Crippen molar-refractivity contribution in [3.05, 3.63) is 76.0 Å². The fourth-order valence-corrected chi connectivity index (χ4v) is 5.81. The molecule has 3 aliphatic rings. The molecular formula is C29H34FN3O4. The number of hydrogen-bond acceptors (Lipinski definition) is 6. The van der Waals surface area contributed by atoms with Gasteiger partial charge in [-0.1, -0.05) is 24.3 Å². The van der Waals surface area contributed by atoms with E-state index >= 15 is 4.39 Å². The highest BCUT2D eigenvalue weighted by Crippen LogP contribution is 2.26. The molecule has 4 heterocycles. The molecule has 0 bridgehead atoms. The Morgan fingerprint density at radius 1 is 1.03 bits per heavy atom. The average Bonchev–Trinajstić information content (AvgIpc) is 2.87. The Morgan fingerprint density at radius 3 is 2.57 bits per heavy atom. The van der Waals surface area contributed by atoms with Crippen LogP contribution in [0.15, 0.2) is 53.5 Å². The third-order valence-corrected chi connectivity index (χ3v) is 8.01. The topological polar surface area (TPSA) is 67.2 Å². The number of nitrogens with zero attached hydrogens (tertiary/aromatic N) is 3. The minimum Gasteiger partial charge on any atom is -0.490 e. The highest BCUT2D eigenvalue weighted by Gasteiger charge is 2.30. The fourth-order valence-electron chi connectivity index (χ4n) is 5.81. The molecule has 196 valence electrons. The summed E-state index contributed by atoms with van der Waals surface area (Å²) in [6, 6.07) is 13.9. The van der Waals surface area contributed by atoms with E-state index in [9.17, 15) is 9.90 Å². The van der Waals surface area contributed by atoms with Gasteiger partial charge in [0, 0.05) is 44.3 Å². The molecule has 0 amide bonds. The number of pyridine rings is 1. The van der Waals surface area contributed by atoms with E-state index < -0.39 is 11.9 Å². The van der Waals surface area contributed by atoms with Gasteiger partial charge >= 0.3 is 0 Å². The minimum absolute atomic E-state index is 0.0483. The number of rotatable bonds is 7. The van der Waals surface area contributed by atoms with Gasteiger partial charge in [0.1, 0.15) is 17.7 Å². The van der Waals surface area contributed by atoms with Crippen LogP contribution in [0.2, 0.25) is 0 Å². The van der Waals surface area contributed by atoms with Crippen LogP contribution in [-0.4, -0.2) is 77.1 Å². The second kappa shape index (κ2) is 10.5. The number of fused-ring (bicyclic) bond motifs is 2. The van der Waals surface area contributed by atoms with E-state index in [-0.39, 0.29) is 23.6 Å². The van der Waals surface area contributed by atoms with Gasteiger partial charge in [-0.15, -0.1) is 0 Å². The first-order valence-corrected chi connectivity index (χ1v) is 13.3. The van der Waals surface area contributed by atoms with Crippen LogP contribution in [-0.2, 0) is 24.2 Å². The van der Waals surface area contributed by atoms with Crippen LogP contribution in [0, 0.1) is 5.82 Å². The molecule has 6 rings (SSSR count). The summed E-state index contributed by atoms with van der Waals surface area (Å²) in [5.41, 5.74) is 2.31. The molecule has 2 saturated heterocycles. The van der Waals surface area contributed by atoms with Gasteiger partial charge in [-0.25, -0.2) is 4.39 Å². The minimum atomic E-state index is -0.778. The standard InChI is InChI=1S/C29H34FN3O4/c30-28-17-33(16-23(34)15-31-10-7-20-3-1-2-4-21(20)14-31)29(35)26-6-5-25(13-27(26)28)37-24-8-11-32(12-9-24)22-18-36-19-22/h1-6,13,17,22-24,34H,7-12,14-16,18-19H2/t23-/m1/s1. The molecule has 1 atom stereocenters. The molecule has 7 nitrogen and oxygen atoms in total. The monoisotopic (exact) mass is 507 g/mol. The summed E-state index contributed by atoms with van der Waals surface area (Å²) in [5.74, 6) is 0.0957. The summed E-state index contributed by atoms with van der Waals surface area (Å²) in [5, 5.41) is 11.3. The summed E-state index contributed by atoms with van der Waals surface area (Å²) in [6.07, 6.45) is 3.28. The van der Waals surface area contributed by atoms with E-state index in [0.717, 1.165) is 58.7 Å². The maximum Gasteiger partial charge on any atom is 0.258 e. The molecule has 8 heteroatoms. The molecule has 37 heavy (non-hydrogen) atoms. The molecule has 3 aliphatic heterocycles. The van der Waals surface area contributed by atoms with Crippen LogP contribution in [0.4, 0.5) is 4.39 Å². The maximum absolute atomic E-state index is 15.1. The number of β-amino-alcohol motifs (C(OH)–C–C–N with tert-alkyl or cyclic N) is 1. The predicted octanol–water partition coefficient (Wildman–Crippen LogP) is 2.80. The van der Waals surface area contributed by atoms with Crippen molar-refractivity contribution in [2.45, 2.75) is 50.6 Å². The number of piperidine rings is 1. The number of hydrogen-bond donors (Lipinski definition) is 1. The smallest absolute Gasteiger partial charge is 0.258 e. The van der Waals surface area contributed by atoms with Crippen LogP contribution < -0.4 is 10.3 Å². The number of benzene rings is 2. The SMILES string of the molecule is O=c1c2ccc(OC3CCN(C4COC4)CC3)cc2c(F)cn1C[C@H](O)CN1CCc2ccccc2C1. The third kappa shape index (κ3) is 5.29. The van der Waals surface area contributed by atoms with Crippen LogP contribution in [0.25, 0.3) is 10.8 Å². The number of aromatic nitrogens is 1. The highest BCUT2D eigenvalue weighted by molar-refractivity contribution is 5.83. The lowest BCUT2D eigenvalue weighted by molar-refractivity contribution is -0.0778. The summed E-state index contributed by atoms with van der Waals surface area (Å²) < 4.78 is 27.9. The van der Waals surface area contributed by atoms with Crippen LogP contribution in [0.3, 0.4) is 0 Å². The Labute approximate surface area is 216 Å². The van der Waals surface area contributed by atoms with Crippen molar-refractivity contribution in [1.82, 2.24) is 14.4 Å². The number of aliphatic hydroxyl groups excluding tert-OH is 1. The van der Waals surface area contributed by atoms with Crippen LogP contribution in [0.5, 0.6) is 5.75 Å². The Hall–Kier alpha value is -2.78. The maximum atomic E-state index is 15.1. The molecule has 3 aromatic rings. The summed E-state index contributed by atoms with van der Waals surface area (Å²) in [6.45, 7) is 5.67. The zero-order chi connectivity index (χ0) is 25.4.